The normalized spacial score (nSPS) is 19.3. The van der Waals surface area contributed by atoms with Crippen molar-refractivity contribution in [2.45, 2.75) is 25.2 Å². The standard InChI is InChI=1S/C10H10ClF4N3/c11-8-7(9(12)13)17-6(5-16-8)18-3-1-10(14,15)2-4-18/h5,9H,1-4H2. The minimum Gasteiger partial charge on any atom is -0.355 e. The first kappa shape index (κ1) is 13.3. The predicted molar refractivity (Wildman–Crippen MR) is 58.4 cm³/mol. The molecule has 8 heteroatoms. The molecule has 2 rings (SSSR count). The third-order valence-electron chi connectivity index (χ3n) is 2.77. The van der Waals surface area contributed by atoms with Gasteiger partial charge in [-0.15, -0.1) is 0 Å². The van der Waals surface area contributed by atoms with Gasteiger partial charge in [0.1, 0.15) is 11.5 Å². The highest BCUT2D eigenvalue weighted by atomic mass is 35.5. The van der Waals surface area contributed by atoms with Crippen LogP contribution in [0.5, 0.6) is 0 Å². The van der Waals surface area contributed by atoms with E-state index in [0.29, 0.717) is 0 Å². The Labute approximate surface area is 106 Å². The smallest absolute Gasteiger partial charge is 0.283 e. The van der Waals surface area contributed by atoms with Gasteiger partial charge in [-0.05, 0) is 0 Å². The summed E-state index contributed by atoms with van der Waals surface area (Å²) in [6, 6.07) is 0. The summed E-state index contributed by atoms with van der Waals surface area (Å²) in [5.41, 5.74) is -0.619. The first-order chi connectivity index (χ1) is 8.39. The van der Waals surface area contributed by atoms with Gasteiger partial charge in [-0.3, -0.25) is 0 Å². The Hall–Kier alpha value is -1.11. The van der Waals surface area contributed by atoms with Gasteiger partial charge in [-0.1, -0.05) is 11.6 Å². The molecule has 0 amide bonds. The number of hydrogen-bond donors (Lipinski definition) is 0. The van der Waals surface area contributed by atoms with Gasteiger partial charge in [-0.2, -0.15) is 0 Å². The quantitative estimate of drug-likeness (QED) is 0.780. The van der Waals surface area contributed by atoms with Gasteiger partial charge in [0.15, 0.2) is 5.15 Å². The van der Waals surface area contributed by atoms with Gasteiger partial charge >= 0.3 is 0 Å². The van der Waals surface area contributed by atoms with Gasteiger partial charge in [-0.25, -0.2) is 27.5 Å². The molecule has 0 saturated carbocycles. The Kier molecular flexibility index (Phi) is 3.61. The van der Waals surface area contributed by atoms with E-state index in [0.717, 1.165) is 0 Å². The molecule has 1 aromatic rings. The summed E-state index contributed by atoms with van der Waals surface area (Å²) in [7, 11) is 0. The second-order valence-corrected chi connectivity index (χ2v) is 4.41. The van der Waals surface area contributed by atoms with E-state index in [1.54, 1.807) is 0 Å². The Morgan fingerprint density at radius 2 is 1.89 bits per heavy atom. The average Bonchev–Trinajstić information content (AvgIpc) is 2.30. The highest BCUT2D eigenvalue weighted by molar-refractivity contribution is 6.30. The summed E-state index contributed by atoms with van der Waals surface area (Å²) < 4.78 is 51.1. The van der Waals surface area contributed by atoms with Crippen LogP contribution in [0, 0.1) is 0 Å². The molecule has 18 heavy (non-hydrogen) atoms. The fourth-order valence-corrected chi connectivity index (χ4v) is 1.91. The predicted octanol–water partition coefficient (Wildman–Crippen LogP) is 3.30. The van der Waals surface area contributed by atoms with E-state index in [-0.39, 0.29) is 36.9 Å². The third-order valence-corrected chi connectivity index (χ3v) is 3.06. The van der Waals surface area contributed by atoms with Crippen molar-refractivity contribution in [3.05, 3.63) is 17.0 Å². The molecule has 1 aliphatic rings. The van der Waals surface area contributed by atoms with Crippen LogP contribution in [0.4, 0.5) is 23.4 Å². The second kappa shape index (κ2) is 4.87. The van der Waals surface area contributed by atoms with Gasteiger partial charge in [0.25, 0.3) is 12.3 Å². The maximum absolute atomic E-state index is 13.0. The van der Waals surface area contributed by atoms with Crippen molar-refractivity contribution in [1.29, 1.82) is 0 Å². The van der Waals surface area contributed by atoms with Crippen molar-refractivity contribution in [3.63, 3.8) is 0 Å². The molecule has 1 saturated heterocycles. The van der Waals surface area contributed by atoms with Crippen molar-refractivity contribution < 1.29 is 17.6 Å². The minimum atomic E-state index is -2.84. The lowest BCUT2D eigenvalue weighted by atomic mass is 10.1. The zero-order valence-corrected chi connectivity index (χ0v) is 9.97. The molecule has 3 nitrogen and oxygen atoms in total. The van der Waals surface area contributed by atoms with E-state index >= 15 is 0 Å². The second-order valence-electron chi connectivity index (χ2n) is 4.05. The van der Waals surface area contributed by atoms with E-state index < -0.39 is 18.0 Å². The van der Waals surface area contributed by atoms with Gasteiger partial charge < -0.3 is 4.90 Å². The molecule has 0 unspecified atom stereocenters. The van der Waals surface area contributed by atoms with Crippen LogP contribution in [0.1, 0.15) is 25.0 Å². The first-order valence-corrected chi connectivity index (χ1v) is 5.70. The van der Waals surface area contributed by atoms with E-state index in [1.165, 1.54) is 11.1 Å². The van der Waals surface area contributed by atoms with Gasteiger partial charge in [0, 0.05) is 25.9 Å². The summed E-state index contributed by atoms with van der Waals surface area (Å²) in [5, 5.41) is -0.365. The maximum Gasteiger partial charge on any atom is 0.283 e. The lowest BCUT2D eigenvalue weighted by molar-refractivity contribution is -0.0221. The molecule has 1 fully saturated rings. The number of halogens is 5. The van der Waals surface area contributed by atoms with Crippen LogP contribution < -0.4 is 4.90 Å². The van der Waals surface area contributed by atoms with E-state index in [1.807, 2.05) is 0 Å². The summed E-state index contributed by atoms with van der Waals surface area (Å²) in [6.07, 6.45) is -2.25. The summed E-state index contributed by atoms with van der Waals surface area (Å²) in [6.45, 7) is 0.123. The van der Waals surface area contributed by atoms with Crippen LogP contribution >= 0.6 is 11.6 Å². The fraction of sp³-hybridized carbons (Fsp3) is 0.600. The molecule has 0 aromatic carbocycles. The Morgan fingerprint density at radius 3 is 2.44 bits per heavy atom. The van der Waals surface area contributed by atoms with E-state index in [9.17, 15) is 17.6 Å². The van der Waals surface area contributed by atoms with Crippen molar-refractivity contribution in [2.75, 3.05) is 18.0 Å². The first-order valence-electron chi connectivity index (χ1n) is 5.32. The number of alkyl halides is 4. The van der Waals surface area contributed by atoms with E-state index in [2.05, 4.69) is 9.97 Å². The number of piperidine rings is 1. The number of rotatable bonds is 2. The van der Waals surface area contributed by atoms with Crippen molar-refractivity contribution in [2.24, 2.45) is 0 Å². The molecular weight excluding hydrogens is 274 g/mol. The van der Waals surface area contributed by atoms with Crippen molar-refractivity contribution >= 4 is 17.4 Å². The molecule has 0 aliphatic carbocycles. The molecule has 2 heterocycles. The van der Waals surface area contributed by atoms with Gasteiger partial charge in [0.2, 0.25) is 0 Å². The lowest BCUT2D eigenvalue weighted by Gasteiger charge is -2.32. The zero-order valence-electron chi connectivity index (χ0n) is 9.21. The maximum atomic E-state index is 13.0. The van der Waals surface area contributed by atoms with Crippen molar-refractivity contribution in [3.8, 4) is 0 Å². The highest BCUT2D eigenvalue weighted by Crippen LogP contribution is 2.31. The Morgan fingerprint density at radius 1 is 1.28 bits per heavy atom. The van der Waals surface area contributed by atoms with Crippen molar-refractivity contribution in [1.82, 2.24) is 9.97 Å². The molecule has 0 spiro atoms. The molecule has 0 radical (unpaired) electrons. The number of anilines is 1. The van der Waals surface area contributed by atoms with Crippen LogP contribution in [-0.4, -0.2) is 29.0 Å². The molecule has 0 bridgehead atoms. The van der Waals surface area contributed by atoms with Crippen LogP contribution in [0.15, 0.2) is 6.20 Å². The molecular formula is C10H10ClF4N3. The van der Waals surface area contributed by atoms with Crippen LogP contribution in [0.25, 0.3) is 0 Å². The minimum absolute atomic E-state index is 0.0615. The molecule has 100 valence electrons. The monoisotopic (exact) mass is 283 g/mol. The van der Waals surface area contributed by atoms with E-state index in [4.69, 9.17) is 11.6 Å². The fourth-order valence-electron chi connectivity index (χ4n) is 1.73. The molecule has 1 aromatic heterocycles. The summed E-state index contributed by atoms with van der Waals surface area (Å²) in [4.78, 5) is 8.79. The Balaban J connectivity index is 2.17. The summed E-state index contributed by atoms with van der Waals surface area (Å²) in [5.74, 6) is -2.53. The van der Waals surface area contributed by atoms with Crippen LogP contribution in [0.3, 0.4) is 0 Å². The molecule has 0 N–H and O–H groups in total. The lowest BCUT2D eigenvalue weighted by Crippen LogP contribution is -2.39. The topological polar surface area (TPSA) is 29.0 Å². The molecule has 0 atom stereocenters. The average molecular weight is 284 g/mol. The van der Waals surface area contributed by atoms with Gasteiger partial charge in [0.05, 0.1) is 6.20 Å². The third kappa shape index (κ3) is 2.82. The number of hydrogen-bond acceptors (Lipinski definition) is 3. The SMILES string of the molecule is FC(F)c1nc(N2CCC(F)(F)CC2)cnc1Cl. The van der Waals surface area contributed by atoms with Crippen LogP contribution in [-0.2, 0) is 0 Å². The van der Waals surface area contributed by atoms with Crippen LogP contribution in [0.2, 0.25) is 5.15 Å². The Bertz CT molecular complexity index is 431. The summed E-state index contributed by atoms with van der Waals surface area (Å²) >= 11 is 5.48. The molecule has 1 aliphatic heterocycles. The highest BCUT2D eigenvalue weighted by Gasteiger charge is 2.34. The number of aromatic nitrogens is 2. The number of nitrogens with zero attached hydrogens (tertiary/aromatic N) is 3. The zero-order chi connectivity index (χ0) is 13.3. The largest absolute Gasteiger partial charge is 0.355 e.